The molecule has 3 rings (SSSR count). The molecule has 6 nitrogen and oxygen atoms in total. The average molecular weight is 286 g/mol. The van der Waals surface area contributed by atoms with E-state index in [1.54, 1.807) is 24.4 Å². The molecule has 2 N–H and O–H groups in total. The van der Waals surface area contributed by atoms with Gasteiger partial charge in [-0.15, -0.1) is 0 Å². The van der Waals surface area contributed by atoms with Gasteiger partial charge in [-0.05, 0) is 56.1 Å². The summed E-state index contributed by atoms with van der Waals surface area (Å²) in [5, 5.41) is 18.5. The standard InChI is InChI=1S/C15H18N4O2/c20-19(21)15-12-2-1-7-17-13(12)3-4-14(15)18-9-6-11-5-8-16-10-11/h1-4,7,11,16,18H,5-6,8-10H2. The fourth-order valence-corrected chi connectivity index (χ4v) is 2.85. The van der Waals surface area contributed by atoms with Crippen LogP contribution in [0.4, 0.5) is 11.4 Å². The summed E-state index contributed by atoms with van der Waals surface area (Å²) in [7, 11) is 0. The van der Waals surface area contributed by atoms with Crippen molar-refractivity contribution in [2.24, 2.45) is 5.92 Å². The maximum atomic E-state index is 11.4. The summed E-state index contributed by atoms with van der Waals surface area (Å²) in [5.41, 5.74) is 1.34. The van der Waals surface area contributed by atoms with Crippen LogP contribution in [0, 0.1) is 16.0 Å². The second kappa shape index (κ2) is 6.05. The van der Waals surface area contributed by atoms with Crippen molar-refractivity contribution in [3.8, 4) is 0 Å². The van der Waals surface area contributed by atoms with Gasteiger partial charge in [0.05, 0.1) is 15.8 Å². The Morgan fingerprint density at radius 3 is 3.10 bits per heavy atom. The van der Waals surface area contributed by atoms with Crippen molar-refractivity contribution in [1.82, 2.24) is 10.3 Å². The summed E-state index contributed by atoms with van der Waals surface area (Å²) in [6.07, 6.45) is 3.85. The van der Waals surface area contributed by atoms with Crippen LogP contribution in [-0.2, 0) is 0 Å². The average Bonchev–Trinajstić information content (AvgIpc) is 3.00. The van der Waals surface area contributed by atoms with Crippen LogP contribution in [0.15, 0.2) is 30.5 Å². The lowest BCUT2D eigenvalue weighted by Gasteiger charge is -2.11. The highest BCUT2D eigenvalue weighted by Gasteiger charge is 2.19. The minimum absolute atomic E-state index is 0.116. The summed E-state index contributed by atoms with van der Waals surface area (Å²) in [5.74, 6) is 0.665. The minimum Gasteiger partial charge on any atom is -0.379 e. The number of nitrogens with zero attached hydrogens (tertiary/aromatic N) is 2. The Balaban J connectivity index is 1.80. The van der Waals surface area contributed by atoms with Gasteiger partial charge in [0.15, 0.2) is 0 Å². The Labute approximate surface area is 122 Å². The first kappa shape index (κ1) is 13.8. The van der Waals surface area contributed by atoms with Crippen LogP contribution in [0.1, 0.15) is 12.8 Å². The molecule has 110 valence electrons. The topological polar surface area (TPSA) is 80.1 Å². The van der Waals surface area contributed by atoms with Gasteiger partial charge in [-0.3, -0.25) is 15.1 Å². The van der Waals surface area contributed by atoms with Crippen LogP contribution >= 0.6 is 0 Å². The lowest BCUT2D eigenvalue weighted by atomic mass is 10.1. The molecule has 1 fully saturated rings. The van der Waals surface area contributed by atoms with Crippen molar-refractivity contribution >= 4 is 22.3 Å². The quantitative estimate of drug-likeness (QED) is 0.652. The van der Waals surface area contributed by atoms with E-state index in [9.17, 15) is 10.1 Å². The molecule has 0 bridgehead atoms. The molecule has 2 aromatic rings. The first-order chi connectivity index (χ1) is 10.3. The molecule has 0 radical (unpaired) electrons. The highest BCUT2D eigenvalue weighted by Crippen LogP contribution is 2.32. The molecule has 1 aliphatic rings. The number of hydrogen-bond acceptors (Lipinski definition) is 5. The first-order valence-electron chi connectivity index (χ1n) is 7.22. The Morgan fingerprint density at radius 1 is 1.43 bits per heavy atom. The summed E-state index contributed by atoms with van der Waals surface area (Å²) < 4.78 is 0. The third kappa shape index (κ3) is 2.95. The van der Waals surface area contributed by atoms with Crippen molar-refractivity contribution in [2.45, 2.75) is 12.8 Å². The second-order valence-corrected chi connectivity index (χ2v) is 5.36. The summed E-state index contributed by atoms with van der Waals surface area (Å²) in [4.78, 5) is 15.2. The number of hydrogen-bond donors (Lipinski definition) is 2. The molecule has 1 aromatic heterocycles. The molecular formula is C15H18N4O2. The van der Waals surface area contributed by atoms with Gasteiger partial charge in [0.1, 0.15) is 5.69 Å². The second-order valence-electron chi connectivity index (χ2n) is 5.36. The van der Waals surface area contributed by atoms with Gasteiger partial charge in [0.2, 0.25) is 0 Å². The van der Waals surface area contributed by atoms with Gasteiger partial charge in [0, 0.05) is 12.7 Å². The van der Waals surface area contributed by atoms with E-state index in [1.165, 1.54) is 6.42 Å². The van der Waals surface area contributed by atoms with Crippen molar-refractivity contribution in [3.05, 3.63) is 40.6 Å². The van der Waals surface area contributed by atoms with Gasteiger partial charge < -0.3 is 10.6 Å². The van der Waals surface area contributed by atoms with Crippen molar-refractivity contribution in [1.29, 1.82) is 0 Å². The highest BCUT2D eigenvalue weighted by atomic mass is 16.6. The number of anilines is 1. The zero-order valence-electron chi connectivity index (χ0n) is 11.7. The van der Waals surface area contributed by atoms with E-state index in [4.69, 9.17) is 0 Å². The van der Waals surface area contributed by atoms with Gasteiger partial charge >= 0.3 is 5.69 Å². The lowest BCUT2D eigenvalue weighted by Crippen LogP contribution is -2.13. The van der Waals surface area contributed by atoms with Crippen LogP contribution in [0.2, 0.25) is 0 Å². The molecule has 0 aliphatic carbocycles. The van der Waals surface area contributed by atoms with Crippen LogP contribution in [0.25, 0.3) is 10.9 Å². The zero-order valence-corrected chi connectivity index (χ0v) is 11.7. The lowest BCUT2D eigenvalue weighted by molar-refractivity contribution is -0.382. The van der Waals surface area contributed by atoms with Crippen molar-refractivity contribution in [2.75, 3.05) is 25.0 Å². The number of aromatic nitrogens is 1. The van der Waals surface area contributed by atoms with E-state index in [1.807, 2.05) is 6.07 Å². The fraction of sp³-hybridized carbons (Fsp3) is 0.400. The van der Waals surface area contributed by atoms with Crippen molar-refractivity contribution in [3.63, 3.8) is 0 Å². The SMILES string of the molecule is O=[N+]([O-])c1c(NCCC2CCNC2)ccc2ncccc12. The monoisotopic (exact) mass is 286 g/mol. The third-order valence-corrected chi connectivity index (χ3v) is 3.97. The normalized spacial score (nSPS) is 18.0. The maximum Gasteiger partial charge on any atom is 0.301 e. The van der Waals surface area contributed by atoms with Gasteiger partial charge in [-0.2, -0.15) is 0 Å². The van der Waals surface area contributed by atoms with E-state index in [2.05, 4.69) is 15.6 Å². The van der Waals surface area contributed by atoms with E-state index < -0.39 is 0 Å². The van der Waals surface area contributed by atoms with Gasteiger partial charge in [-0.1, -0.05) is 0 Å². The van der Waals surface area contributed by atoms with Crippen LogP contribution in [0.3, 0.4) is 0 Å². The van der Waals surface area contributed by atoms with E-state index in [0.29, 0.717) is 22.5 Å². The number of pyridine rings is 1. The predicted octanol–water partition coefficient (Wildman–Crippen LogP) is 2.55. The molecule has 0 amide bonds. The predicted molar refractivity (Wildman–Crippen MR) is 82.5 cm³/mol. The fourth-order valence-electron chi connectivity index (χ4n) is 2.85. The smallest absolute Gasteiger partial charge is 0.301 e. The highest BCUT2D eigenvalue weighted by molar-refractivity contribution is 5.94. The maximum absolute atomic E-state index is 11.4. The summed E-state index contributed by atoms with van der Waals surface area (Å²) >= 11 is 0. The molecule has 1 unspecified atom stereocenters. The molecule has 0 saturated carbocycles. The summed E-state index contributed by atoms with van der Waals surface area (Å²) in [6.45, 7) is 2.87. The van der Waals surface area contributed by atoms with Crippen molar-refractivity contribution < 1.29 is 4.92 Å². The first-order valence-corrected chi connectivity index (χ1v) is 7.22. The molecule has 1 saturated heterocycles. The molecule has 1 aromatic carbocycles. The third-order valence-electron chi connectivity index (χ3n) is 3.97. The number of rotatable bonds is 5. The van der Waals surface area contributed by atoms with Gasteiger partial charge in [-0.25, -0.2) is 0 Å². The van der Waals surface area contributed by atoms with Gasteiger partial charge in [0.25, 0.3) is 0 Å². The van der Waals surface area contributed by atoms with E-state index in [0.717, 1.165) is 26.1 Å². The summed E-state index contributed by atoms with van der Waals surface area (Å²) in [6, 6.07) is 7.04. The number of nitro benzene ring substituents is 1. The van der Waals surface area contributed by atoms with E-state index in [-0.39, 0.29) is 10.6 Å². The number of nitro groups is 1. The van der Waals surface area contributed by atoms with Crippen LogP contribution in [-0.4, -0.2) is 29.5 Å². The Kier molecular flexibility index (Phi) is 3.96. The van der Waals surface area contributed by atoms with Crippen LogP contribution in [0.5, 0.6) is 0 Å². The minimum atomic E-state index is -0.330. The number of fused-ring (bicyclic) bond motifs is 1. The molecule has 1 aliphatic heterocycles. The zero-order chi connectivity index (χ0) is 14.7. The molecule has 21 heavy (non-hydrogen) atoms. The molecule has 6 heteroatoms. The molecular weight excluding hydrogens is 268 g/mol. The Morgan fingerprint density at radius 2 is 2.33 bits per heavy atom. The molecule has 0 spiro atoms. The van der Waals surface area contributed by atoms with Crippen LogP contribution < -0.4 is 10.6 Å². The number of benzene rings is 1. The largest absolute Gasteiger partial charge is 0.379 e. The molecule has 1 atom stereocenters. The Hall–Kier alpha value is -2.21. The Bertz CT molecular complexity index is 653. The number of nitrogens with one attached hydrogen (secondary N) is 2. The van der Waals surface area contributed by atoms with E-state index >= 15 is 0 Å². The molecule has 2 heterocycles.